The lowest BCUT2D eigenvalue weighted by molar-refractivity contribution is -0.117. The van der Waals surface area contributed by atoms with Gasteiger partial charge in [0.25, 0.3) is 0 Å². The van der Waals surface area contributed by atoms with Gasteiger partial charge in [0.2, 0.25) is 5.91 Å². The number of aromatic nitrogens is 1. The van der Waals surface area contributed by atoms with E-state index in [4.69, 9.17) is 16.3 Å². The van der Waals surface area contributed by atoms with Crippen molar-refractivity contribution in [2.45, 2.75) is 32.3 Å². The average molecular weight is 454 g/mol. The fourth-order valence-electron chi connectivity index (χ4n) is 3.32. The number of carbonyl (C=O) groups is 2. The molecule has 1 aromatic heterocycles. The van der Waals surface area contributed by atoms with Crippen LogP contribution >= 0.6 is 11.6 Å². The van der Waals surface area contributed by atoms with Crippen LogP contribution in [0.1, 0.15) is 32.3 Å². The molecule has 0 aliphatic heterocycles. The molecule has 3 aromatic rings. The number of ether oxygens (including phenoxy) is 1. The van der Waals surface area contributed by atoms with Gasteiger partial charge in [-0.2, -0.15) is 0 Å². The van der Waals surface area contributed by atoms with E-state index >= 15 is 0 Å². The second-order valence-corrected chi connectivity index (χ2v) is 8.94. The summed E-state index contributed by atoms with van der Waals surface area (Å²) in [6, 6.07) is 18.6. The Balaban J connectivity index is 1.76. The molecule has 168 valence electrons. The predicted molar refractivity (Wildman–Crippen MR) is 128 cm³/mol. The number of nitrogens with one attached hydrogen (secondary N) is 2. The molecule has 0 saturated heterocycles. The molecular formula is C25H28ClN3O3. The van der Waals surface area contributed by atoms with E-state index in [1.54, 1.807) is 26.8 Å². The summed E-state index contributed by atoms with van der Waals surface area (Å²) in [7, 11) is 1.95. The fraction of sp³-hybridized carbons (Fsp3) is 0.280. The molecule has 0 spiro atoms. The van der Waals surface area contributed by atoms with Gasteiger partial charge in [-0.15, -0.1) is 0 Å². The Morgan fingerprint density at radius 2 is 1.78 bits per heavy atom. The minimum atomic E-state index is -0.620. The van der Waals surface area contributed by atoms with Crippen LogP contribution in [-0.2, 0) is 16.6 Å². The van der Waals surface area contributed by atoms with Crippen LogP contribution in [0.5, 0.6) is 0 Å². The largest absolute Gasteiger partial charge is 0.444 e. The van der Waals surface area contributed by atoms with Gasteiger partial charge in [-0.1, -0.05) is 41.9 Å². The van der Waals surface area contributed by atoms with Crippen LogP contribution in [0.3, 0.4) is 0 Å². The maximum absolute atomic E-state index is 13.1. The highest BCUT2D eigenvalue weighted by Crippen LogP contribution is 2.31. The van der Waals surface area contributed by atoms with Gasteiger partial charge in [-0.05, 0) is 56.7 Å². The lowest BCUT2D eigenvalue weighted by Gasteiger charge is -2.22. The van der Waals surface area contributed by atoms with Crippen molar-refractivity contribution in [2.24, 2.45) is 7.05 Å². The summed E-state index contributed by atoms with van der Waals surface area (Å²) in [5.41, 5.74) is 2.61. The molecule has 6 nitrogen and oxygen atoms in total. The normalized spacial score (nSPS) is 12.2. The number of benzene rings is 2. The summed E-state index contributed by atoms with van der Waals surface area (Å²) in [5.74, 6) is -0.856. The summed E-state index contributed by atoms with van der Waals surface area (Å²) in [4.78, 5) is 25.3. The Bertz CT molecular complexity index is 1090. The summed E-state index contributed by atoms with van der Waals surface area (Å²) in [5, 5.41) is 6.15. The van der Waals surface area contributed by atoms with E-state index in [-0.39, 0.29) is 12.5 Å². The zero-order valence-electron chi connectivity index (χ0n) is 18.7. The zero-order valence-corrected chi connectivity index (χ0v) is 19.4. The minimum Gasteiger partial charge on any atom is -0.444 e. The van der Waals surface area contributed by atoms with Crippen LogP contribution in [0.15, 0.2) is 66.9 Å². The first-order valence-corrected chi connectivity index (χ1v) is 10.8. The molecule has 0 radical (unpaired) electrons. The molecule has 1 unspecified atom stereocenters. The van der Waals surface area contributed by atoms with Crippen molar-refractivity contribution in [1.29, 1.82) is 0 Å². The van der Waals surface area contributed by atoms with Crippen molar-refractivity contribution in [3.8, 4) is 11.3 Å². The smallest absolute Gasteiger partial charge is 0.407 e. The van der Waals surface area contributed by atoms with E-state index in [2.05, 4.69) is 10.6 Å². The third kappa shape index (κ3) is 6.14. The van der Waals surface area contributed by atoms with Gasteiger partial charge in [0.15, 0.2) is 0 Å². The van der Waals surface area contributed by atoms with Gasteiger partial charge in [0.05, 0.1) is 10.9 Å². The molecule has 0 aliphatic carbocycles. The van der Waals surface area contributed by atoms with Crippen molar-refractivity contribution in [1.82, 2.24) is 9.88 Å². The van der Waals surface area contributed by atoms with Crippen LogP contribution in [0.2, 0.25) is 5.02 Å². The Morgan fingerprint density at radius 3 is 2.38 bits per heavy atom. The Labute approximate surface area is 193 Å². The Kier molecular flexibility index (Phi) is 7.26. The number of hydrogen-bond acceptors (Lipinski definition) is 3. The van der Waals surface area contributed by atoms with Crippen LogP contribution in [0.25, 0.3) is 11.3 Å². The van der Waals surface area contributed by atoms with Gasteiger partial charge >= 0.3 is 6.09 Å². The molecule has 0 bridgehead atoms. The molecule has 2 N–H and O–H groups in total. The van der Waals surface area contributed by atoms with E-state index in [9.17, 15) is 9.59 Å². The fourth-order valence-corrected chi connectivity index (χ4v) is 3.60. The first-order valence-electron chi connectivity index (χ1n) is 10.4. The van der Waals surface area contributed by atoms with Gasteiger partial charge in [0.1, 0.15) is 5.60 Å². The van der Waals surface area contributed by atoms with Gasteiger partial charge in [-0.25, -0.2) is 4.79 Å². The van der Waals surface area contributed by atoms with E-state index in [1.165, 1.54) is 0 Å². The van der Waals surface area contributed by atoms with E-state index in [0.717, 1.165) is 16.8 Å². The number of rotatable bonds is 6. The molecule has 2 aromatic carbocycles. The molecule has 1 atom stereocenters. The van der Waals surface area contributed by atoms with Gasteiger partial charge in [0, 0.05) is 36.7 Å². The molecule has 2 amide bonds. The molecule has 3 rings (SSSR count). The number of carbonyl (C=O) groups excluding carboxylic acids is 2. The Hall–Kier alpha value is -3.25. The predicted octanol–water partition coefficient (Wildman–Crippen LogP) is 5.59. The third-order valence-electron chi connectivity index (χ3n) is 4.82. The maximum atomic E-state index is 13.1. The lowest BCUT2D eigenvalue weighted by Crippen LogP contribution is -2.37. The highest BCUT2D eigenvalue weighted by atomic mass is 35.5. The first-order chi connectivity index (χ1) is 15.1. The number of nitrogens with zero attached hydrogens (tertiary/aromatic N) is 1. The van der Waals surface area contributed by atoms with Crippen LogP contribution in [0, 0.1) is 0 Å². The maximum Gasteiger partial charge on any atom is 0.407 e. The summed E-state index contributed by atoms with van der Waals surface area (Å²) in [6.45, 7) is 5.46. The number of alkyl carbamates (subject to hydrolysis) is 1. The highest BCUT2D eigenvalue weighted by molar-refractivity contribution is 6.33. The Morgan fingerprint density at radius 1 is 1.06 bits per heavy atom. The lowest BCUT2D eigenvalue weighted by atomic mass is 9.98. The minimum absolute atomic E-state index is 0.0971. The quantitative estimate of drug-likeness (QED) is 0.510. The van der Waals surface area contributed by atoms with E-state index in [0.29, 0.717) is 10.7 Å². The molecule has 7 heteroatoms. The van der Waals surface area contributed by atoms with Crippen LogP contribution < -0.4 is 10.6 Å². The summed E-state index contributed by atoms with van der Waals surface area (Å²) >= 11 is 6.50. The van der Waals surface area contributed by atoms with Crippen molar-refractivity contribution >= 4 is 29.3 Å². The second kappa shape index (κ2) is 9.92. The number of amides is 2. The summed E-state index contributed by atoms with van der Waals surface area (Å²) < 4.78 is 7.27. The van der Waals surface area contributed by atoms with Crippen molar-refractivity contribution in [3.63, 3.8) is 0 Å². The molecule has 0 saturated carbocycles. The van der Waals surface area contributed by atoms with Crippen LogP contribution in [0.4, 0.5) is 10.5 Å². The topological polar surface area (TPSA) is 72.4 Å². The molecule has 1 heterocycles. The number of hydrogen-bond donors (Lipinski definition) is 2. The molecule has 0 aliphatic rings. The van der Waals surface area contributed by atoms with Crippen LogP contribution in [-0.4, -0.2) is 28.7 Å². The SMILES string of the molecule is Cn1cccc1-c1ccc(NC(=O)C(CNC(=O)OC(C)(C)C)c2ccccc2)cc1Cl. The average Bonchev–Trinajstić information content (AvgIpc) is 3.13. The van der Waals surface area contributed by atoms with Crippen molar-refractivity contribution in [2.75, 3.05) is 11.9 Å². The van der Waals surface area contributed by atoms with E-state index in [1.807, 2.05) is 72.4 Å². The summed E-state index contributed by atoms with van der Waals surface area (Å²) in [6.07, 6.45) is 1.38. The molecule has 0 fully saturated rings. The molecule has 32 heavy (non-hydrogen) atoms. The van der Waals surface area contributed by atoms with Gasteiger partial charge in [-0.3, -0.25) is 4.79 Å². The highest BCUT2D eigenvalue weighted by Gasteiger charge is 2.24. The first kappa shape index (κ1) is 23.4. The monoisotopic (exact) mass is 453 g/mol. The number of halogens is 1. The van der Waals surface area contributed by atoms with E-state index < -0.39 is 17.6 Å². The number of anilines is 1. The zero-order chi connectivity index (χ0) is 23.3. The number of aryl methyl sites for hydroxylation is 1. The standard InChI is InChI=1S/C25H28ClN3O3/c1-25(2,3)32-24(31)27-16-20(17-9-6-5-7-10-17)23(30)28-18-12-13-19(21(26)15-18)22-11-8-14-29(22)4/h5-15,20H,16H2,1-4H3,(H,27,31)(H,28,30). The van der Waals surface area contributed by atoms with Crippen molar-refractivity contribution < 1.29 is 14.3 Å². The second-order valence-electron chi connectivity index (χ2n) is 8.53. The third-order valence-corrected chi connectivity index (χ3v) is 5.14. The molecular weight excluding hydrogens is 426 g/mol. The van der Waals surface area contributed by atoms with Gasteiger partial charge < -0.3 is 19.9 Å². The van der Waals surface area contributed by atoms with Crippen molar-refractivity contribution in [3.05, 3.63) is 77.4 Å².